The number of hydrogen-bond acceptors (Lipinski definition) is 5. The number of thioether (sulfide) groups is 1. The number of rotatable bonds is 5. The molecule has 2 aliphatic heterocycles. The lowest BCUT2D eigenvalue weighted by Gasteiger charge is -2.46. The number of hydrogen-bond donors (Lipinski definition) is 0. The largest absolute Gasteiger partial charge is 0.468 e. The van der Waals surface area contributed by atoms with Gasteiger partial charge in [0.05, 0.1) is 13.7 Å². The maximum absolute atomic E-state index is 14.1. The number of likely N-dealkylation sites (tertiary alicyclic amines) is 1. The number of benzene rings is 2. The molecular formula is C29H34N2O4S. The monoisotopic (exact) mass is 506 g/mol. The zero-order chi connectivity index (χ0) is 25.1. The van der Waals surface area contributed by atoms with Crippen molar-refractivity contribution in [1.82, 2.24) is 9.80 Å². The number of amides is 2. The summed E-state index contributed by atoms with van der Waals surface area (Å²) in [7, 11) is 1.43. The van der Waals surface area contributed by atoms with E-state index in [9.17, 15) is 14.4 Å². The molecule has 2 aromatic carbocycles. The van der Waals surface area contributed by atoms with Crippen molar-refractivity contribution in [1.29, 1.82) is 0 Å². The van der Waals surface area contributed by atoms with Crippen molar-refractivity contribution in [2.75, 3.05) is 31.7 Å². The van der Waals surface area contributed by atoms with Crippen LogP contribution in [0.1, 0.15) is 44.1 Å². The van der Waals surface area contributed by atoms with Crippen LogP contribution in [0.3, 0.4) is 0 Å². The van der Waals surface area contributed by atoms with E-state index in [1.807, 2.05) is 40.9 Å². The molecular weight excluding hydrogens is 472 g/mol. The van der Waals surface area contributed by atoms with E-state index in [4.69, 9.17) is 4.74 Å². The molecule has 2 heterocycles. The van der Waals surface area contributed by atoms with Gasteiger partial charge in [0.1, 0.15) is 5.41 Å². The Morgan fingerprint density at radius 3 is 2.67 bits per heavy atom. The second kappa shape index (κ2) is 10.7. The zero-order valence-electron chi connectivity index (χ0n) is 20.9. The van der Waals surface area contributed by atoms with Gasteiger partial charge in [0.25, 0.3) is 0 Å². The normalized spacial score (nSPS) is 24.6. The van der Waals surface area contributed by atoms with Crippen molar-refractivity contribution >= 4 is 40.3 Å². The van der Waals surface area contributed by atoms with Gasteiger partial charge in [0, 0.05) is 42.6 Å². The fourth-order valence-corrected chi connectivity index (χ4v) is 7.02. The van der Waals surface area contributed by atoms with Crippen LogP contribution < -0.4 is 0 Å². The van der Waals surface area contributed by atoms with E-state index in [0.29, 0.717) is 19.4 Å². The summed E-state index contributed by atoms with van der Waals surface area (Å²) in [5, 5.41) is 2.21. The number of methoxy groups -OCH3 is 1. The molecule has 0 saturated carbocycles. The summed E-state index contributed by atoms with van der Waals surface area (Å²) >= 11 is 1.85. The van der Waals surface area contributed by atoms with Crippen LogP contribution in [0.15, 0.2) is 54.2 Å². The summed E-state index contributed by atoms with van der Waals surface area (Å²) in [6.07, 6.45) is 5.86. The topological polar surface area (TPSA) is 66.9 Å². The first-order valence-electron chi connectivity index (χ1n) is 13.0. The van der Waals surface area contributed by atoms with Crippen molar-refractivity contribution in [3.63, 3.8) is 0 Å². The van der Waals surface area contributed by atoms with E-state index in [1.54, 1.807) is 4.90 Å². The number of allylic oxidation sites excluding steroid dienone is 1. The van der Waals surface area contributed by atoms with E-state index in [0.717, 1.165) is 65.9 Å². The molecule has 2 fully saturated rings. The maximum Gasteiger partial charge on any atom is 0.317 e. The highest BCUT2D eigenvalue weighted by Gasteiger charge is 2.54. The van der Waals surface area contributed by atoms with E-state index < -0.39 is 11.3 Å². The molecule has 0 radical (unpaired) electrons. The first-order valence-corrected chi connectivity index (χ1v) is 14.1. The standard InChI is InChI=1S/C29H34N2O4S/c1-35-28(34)29-13-6-2-3-12-25(29)31(20-22-10-7-9-21-8-4-5-11-24(21)22)27(33)23(19-29)18-26(32)30-14-16-36-17-15-30/h4-5,7-12,23H,2-3,6,13-20H2,1H3/t23-,29+/m1/s1. The third-order valence-electron chi connectivity index (χ3n) is 7.96. The molecule has 1 aliphatic carbocycles. The Morgan fingerprint density at radius 1 is 1.08 bits per heavy atom. The average molecular weight is 507 g/mol. The van der Waals surface area contributed by atoms with Crippen molar-refractivity contribution in [3.8, 4) is 0 Å². The molecule has 0 N–H and O–H groups in total. The SMILES string of the molecule is COC(=O)[C@]12CCCCC=C1N(Cc1cccc3ccccc13)C(=O)[C@H](CC(=O)N1CCSCC1)C2. The molecule has 2 amide bonds. The molecule has 2 atom stereocenters. The Hall–Kier alpha value is -2.80. The summed E-state index contributed by atoms with van der Waals surface area (Å²) in [4.78, 5) is 44.4. The third kappa shape index (κ3) is 4.65. The van der Waals surface area contributed by atoms with Crippen LogP contribution in [0.25, 0.3) is 10.8 Å². The van der Waals surface area contributed by atoms with Crippen LogP contribution in [0, 0.1) is 11.3 Å². The van der Waals surface area contributed by atoms with Crippen LogP contribution in [0.4, 0.5) is 0 Å². The Labute approximate surface area is 217 Å². The number of ether oxygens (including phenoxy) is 1. The Morgan fingerprint density at radius 2 is 1.86 bits per heavy atom. The first kappa shape index (κ1) is 24.9. The fraction of sp³-hybridized carbons (Fsp3) is 0.483. The molecule has 6 nitrogen and oxygen atoms in total. The molecule has 2 aromatic rings. The van der Waals surface area contributed by atoms with Crippen LogP contribution in [0.5, 0.6) is 0 Å². The summed E-state index contributed by atoms with van der Waals surface area (Å²) in [6, 6.07) is 14.3. The zero-order valence-corrected chi connectivity index (χ0v) is 21.7. The highest BCUT2D eigenvalue weighted by molar-refractivity contribution is 7.99. The smallest absolute Gasteiger partial charge is 0.317 e. The van der Waals surface area contributed by atoms with Gasteiger partial charge in [-0.2, -0.15) is 11.8 Å². The number of carbonyl (C=O) groups excluding carboxylic acids is 3. The molecule has 0 unspecified atom stereocenters. The second-order valence-corrected chi connectivity index (χ2v) is 11.3. The highest BCUT2D eigenvalue weighted by Crippen LogP contribution is 2.50. The van der Waals surface area contributed by atoms with Gasteiger partial charge in [-0.05, 0) is 42.0 Å². The molecule has 3 aliphatic rings. The van der Waals surface area contributed by atoms with Crippen LogP contribution >= 0.6 is 11.8 Å². The predicted molar refractivity (Wildman–Crippen MR) is 142 cm³/mol. The van der Waals surface area contributed by atoms with Crippen molar-refractivity contribution in [2.24, 2.45) is 11.3 Å². The highest BCUT2D eigenvalue weighted by atomic mass is 32.2. The number of fused-ring (bicyclic) bond motifs is 2. The fourth-order valence-electron chi connectivity index (χ4n) is 6.12. The Bertz CT molecular complexity index is 1180. The minimum absolute atomic E-state index is 0.0137. The molecule has 0 aromatic heterocycles. The molecule has 0 spiro atoms. The summed E-state index contributed by atoms with van der Waals surface area (Å²) < 4.78 is 5.36. The van der Waals surface area contributed by atoms with Gasteiger partial charge < -0.3 is 14.5 Å². The second-order valence-electron chi connectivity index (χ2n) is 10.1. The predicted octanol–water partition coefficient (Wildman–Crippen LogP) is 4.77. The quantitative estimate of drug-likeness (QED) is 0.547. The van der Waals surface area contributed by atoms with Crippen LogP contribution in [0.2, 0.25) is 0 Å². The van der Waals surface area contributed by atoms with Gasteiger partial charge in [-0.3, -0.25) is 14.4 Å². The first-order chi connectivity index (χ1) is 17.5. The lowest BCUT2D eigenvalue weighted by molar-refractivity contribution is -0.160. The molecule has 2 saturated heterocycles. The van der Waals surface area contributed by atoms with Crippen molar-refractivity contribution in [3.05, 3.63) is 59.8 Å². The van der Waals surface area contributed by atoms with E-state index in [2.05, 4.69) is 24.3 Å². The minimum atomic E-state index is -0.896. The Balaban J connectivity index is 1.53. The number of carbonyl (C=O) groups is 3. The molecule has 0 bridgehead atoms. The van der Waals surface area contributed by atoms with E-state index >= 15 is 0 Å². The number of esters is 1. The molecule has 190 valence electrons. The van der Waals surface area contributed by atoms with E-state index in [1.165, 1.54) is 7.11 Å². The maximum atomic E-state index is 14.1. The van der Waals surface area contributed by atoms with Crippen LogP contribution in [-0.2, 0) is 25.7 Å². The van der Waals surface area contributed by atoms with Gasteiger partial charge >= 0.3 is 5.97 Å². The molecule has 36 heavy (non-hydrogen) atoms. The lowest BCUT2D eigenvalue weighted by atomic mass is 9.68. The summed E-state index contributed by atoms with van der Waals surface area (Å²) in [5.74, 6) is 0.970. The number of piperidine rings is 1. The minimum Gasteiger partial charge on any atom is -0.468 e. The van der Waals surface area contributed by atoms with Gasteiger partial charge in [-0.15, -0.1) is 0 Å². The number of nitrogens with zero attached hydrogens (tertiary/aromatic N) is 2. The Kier molecular flexibility index (Phi) is 7.37. The average Bonchev–Trinajstić information content (AvgIpc) is 3.14. The van der Waals surface area contributed by atoms with Crippen molar-refractivity contribution < 1.29 is 19.1 Å². The summed E-state index contributed by atoms with van der Waals surface area (Å²) in [5.41, 5.74) is 0.903. The third-order valence-corrected chi connectivity index (χ3v) is 8.90. The molecule has 7 heteroatoms. The van der Waals surface area contributed by atoms with E-state index in [-0.39, 0.29) is 24.2 Å². The van der Waals surface area contributed by atoms with Gasteiger partial charge in [-0.1, -0.05) is 55.0 Å². The lowest BCUT2D eigenvalue weighted by Crippen LogP contribution is -2.53. The molecule has 5 rings (SSSR count). The van der Waals surface area contributed by atoms with Crippen LogP contribution in [-0.4, -0.2) is 59.3 Å². The van der Waals surface area contributed by atoms with Gasteiger partial charge in [-0.25, -0.2) is 0 Å². The van der Waals surface area contributed by atoms with Gasteiger partial charge in [0.15, 0.2) is 0 Å². The van der Waals surface area contributed by atoms with Crippen molar-refractivity contribution in [2.45, 2.75) is 45.1 Å². The van der Waals surface area contributed by atoms with Gasteiger partial charge in [0.2, 0.25) is 11.8 Å². The summed E-state index contributed by atoms with van der Waals surface area (Å²) in [6.45, 7) is 1.81.